The molecule has 3 aliphatic rings. The lowest BCUT2D eigenvalue weighted by molar-refractivity contribution is -0.284. The zero-order valence-electron chi connectivity index (χ0n) is 24.7. The van der Waals surface area contributed by atoms with E-state index in [1.807, 2.05) is 20.8 Å². The van der Waals surface area contributed by atoms with E-state index < -0.39 is 41.4 Å². The van der Waals surface area contributed by atoms with Crippen molar-refractivity contribution in [2.75, 3.05) is 33.0 Å². The van der Waals surface area contributed by atoms with Gasteiger partial charge in [0, 0.05) is 6.42 Å². The number of ether oxygens (including phenoxy) is 9. The van der Waals surface area contributed by atoms with Crippen LogP contribution in [-0.2, 0) is 57.0 Å². The van der Waals surface area contributed by atoms with E-state index in [4.69, 9.17) is 42.6 Å². The largest absolute Gasteiger partial charge is 0.465 e. The molecule has 0 spiro atoms. The summed E-state index contributed by atoms with van der Waals surface area (Å²) in [7, 11) is 0. The van der Waals surface area contributed by atoms with Crippen LogP contribution in [0.1, 0.15) is 86.5 Å². The van der Waals surface area contributed by atoms with E-state index >= 15 is 0 Å². The average molecular weight is 575 g/mol. The summed E-state index contributed by atoms with van der Waals surface area (Å²) in [6.07, 6.45) is 0.975. The molecule has 0 aliphatic carbocycles. The first-order valence-corrected chi connectivity index (χ1v) is 14.2. The lowest BCUT2D eigenvalue weighted by atomic mass is 10.1. The van der Waals surface area contributed by atoms with Crippen molar-refractivity contribution < 1.29 is 57.0 Å². The fourth-order valence-electron chi connectivity index (χ4n) is 4.94. The van der Waals surface area contributed by atoms with Gasteiger partial charge in [-0.2, -0.15) is 0 Å². The van der Waals surface area contributed by atoms with Crippen molar-refractivity contribution in [2.45, 2.75) is 128 Å². The van der Waals surface area contributed by atoms with Crippen molar-refractivity contribution in [1.29, 1.82) is 0 Å². The molecule has 12 heteroatoms. The van der Waals surface area contributed by atoms with Crippen molar-refractivity contribution in [2.24, 2.45) is 0 Å². The molecular weight excluding hydrogens is 528 g/mol. The number of rotatable bonds is 12. The molecule has 3 rings (SSSR count). The fourth-order valence-corrected chi connectivity index (χ4v) is 4.94. The molecule has 3 fully saturated rings. The Morgan fingerprint density at radius 3 is 1.50 bits per heavy atom. The second-order valence-corrected chi connectivity index (χ2v) is 11.4. The lowest BCUT2D eigenvalue weighted by Crippen LogP contribution is -2.44. The molecule has 0 N–H and O–H groups in total. The van der Waals surface area contributed by atoms with Gasteiger partial charge in [0.05, 0.1) is 64.0 Å². The summed E-state index contributed by atoms with van der Waals surface area (Å²) in [6, 6.07) is 0. The Labute approximate surface area is 236 Å². The molecule has 0 aromatic rings. The van der Waals surface area contributed by atoms with Gasteiger partial charge in [-0.05, 0) is 60.8 Å². The minimum atomic E-state index is -1.12. The normalized spacial score (nSPS) is 35.4. The van der Waals surface area contributed by atoms with Gasteiger partial charge in [0.15, 0.2) is 17.4 Å². The number of carbonyl (C=O) groups is 3. The quantitative estimate of drug-likeness (QED) is 0.250. The summed E-state index contributed by atoms with van der Waals surface area (Å²) in [5, 5.41) is 0. The Bertz CT molecular complexity index is 866. The molecule has 7 atom stereocenters. The minimum Gasteiger partial charge on any atom is -0.465 e. The zero-order chi connectivity index (χ0) is 29.4. The van der Waals surface area contributed by atoms with Crippen LogP contribution < -0.4 is 0 Å². The van der Waals surface area contributed by atoms with Gasteiger partial charge in [-0.1, -0.05) is 0 Å². The van der Waals surface area contributed by atoms with E-state index in [0.29, 0.717) is 19.8 Å². The van der Waals surface area contributed by atoms with Gasteiger partial charge >= 0.3 is 17.9 Å². The molecule has 0 amide bonds. The molecule has 40 heavy (non-hydrogen) atoms. The molecular formula is C28H46O12. The highest BCUT2D eigenvalue weighted by Gasteiger charge is 2.38. The molecule has 3 saturated heterocycles. The molecule has 0 radical (unpaired) electrons. The Morgan fingerprint density at radius 2 is 1.07 bits per heavy atom. The van der Waals surface area contributed by atoms with E-state index in [1.165, 1.54) is 0 Å². The fraction of sp³-hybridized carbons (Fsp3) is 0.893. The summed E-state index contributed by atoms with van der Waals surface area (Å²) in [6.45, 7) is 12.0. The van der Waals surface area contributed by atoms with Crippen LogP contribution >= 0.6 is 0 Å². The second-order valence-electron chi connectivity index (χ2n) is 11.4. The van der Waals surface area contributed by atoms with Crippen molar-refractivity contribution in [1.82, 2.24) is 0 Å². The minimum absolute atomic E-state index is 0.0260. The number of hydrogen-bond acceptors (Lipinski definition) is 12. The summed E-state index contributed by atoms with van der Waals surface area (Å²) in [5.41, 5.74) is 0. The van der Waals surface area contributed by atoms with Crippen LogP contribution in [0.15, 0.2) is 0 Å². The highest BCUT2D eigenvalue weighted by molar-refractivity contribution is 5.72. The third-order valence-electron chi connectivity index (χ3n) is 6.97. The first-order chi connectivity index (χ1) is 18.8. The van der Waals surface area contributed by atoms with Gasteiger partial charge in [0.2, 0.25) is 0 Å². The molecule has 3 heterocycles. The summed E-state index contributed by atoms with van der Waals surface area (Å²) in [4.78, 5) is 37.9. The maximum atomic E-state index is 12.8. The summed E-state index contributed by atoms with van der Waals surface area (Å²) in [5.74, 6) is -4.93. The Kier molecular flexibility index (Phi) is 11.7. The lowest BCUT2D eigenvalue weighted by Gasteiger charge is -2.37. The molecule has 6 unspecified atom stereocenters. The third kappa shape index (κ3) is 10.9. The first kappa shape index (κ1) is 32.7. The number of hydrogen-bond donors (Lipinski definition) is 0. The van der Waals surface area contributed by atoms with Crippen LogP contribution in [0.5, 0.6) is 0 Å². The van der Waals surface area contributed by atoms with Crippen LogP contribution in [0, 0.1) is 0 Å². The Morgan fingerprint density at radius 1 is 0.675 bits per heavy atom. The SMILES string of the molecule is CC1CCOC(C)(CC(=O)OCC[C@@H](COC(=O)CC2(C)OCCC(C)O2)OC(=O)CC2(C)OCCC(C)O2)O1. The average Bonchev–Trinajstić information content (AvgIpc) is 2.80. The molecule has 0 aromatic carbocycles. The second kappa shape index (κ2) is 14.4. The topological polar surface area (TPSA) is 134 Å². The van der Waals surface area contributed by atoms with E-state index in [9.17, 15) is 14.4 Å². The number of esters is 3. The van der Waals surface area contributed by atoms with Gasteiger partial charge in [-0.15, -0.1) is 0 Å². The molecule has 0 saturated carbocycles. The maximum absolute atomic E-state index is 12.8. The molecule has 3 aliphatic heterocycles. The number of carbonyl (C=O) groups excluding carboxylic acids is 3. The summed E-state index contributed by atoms with van der Waals surface area (Å²) >= 11 is 0. The predicted molar refractivity (Wildman–Crippen MR) is 139 cm³/mol. The standard InChI is InChI=1S/C28H46O12/c1-19-7-12-34-26(4,38-19)15-23(29)32-11-10-22(37-25(31)17-28(6)36-14-9-21(3)40-28)18-33-24(30)16-27(5)35-13-8-20(2)39-27/h19-22H,7-18H2,1-6H3/t19?,20?,21?,22-,26?,27?,28?/m0/s1. The van der Waals surface area contributed by atoms with Gasteiger partial charge in [-0.25, -0.2) is 0 Å². The van der Waals surface area contributed by atoms with Gasteiger partial charge in [-0.3, -0.25) is 14.4 Å². The van der Waals surface area contributed by atoms with E-state index in [0.717, 1.165) is 19.3 Å². The van der Waals surface area contributed by atoms with Crippen LogP contribution in [0.2, 0.25) is 0 Å². The zero-order valence-corrected chi connectivity index (χ0v) is 24.7. The predicted octanol–water partition coefficient (Wildman–Crippen LogP) is 3.17. The summed E-state index contributed by atoms with van der Waals surface area (Å²) < 4.78 is 50.7. The van der Waals surface area contributed by atoms with Gasteiger partial charge in [0.1, 0.15) is 12.7 Å². The molecule has 0 bridgehead atoms. The Balaban J connectivity index is 1.52. The monoisotopic (exact) mass is 574 g/mol. The van der Waals surface area contributed by atoms with E-state index in [2.05, 4.69) is 0 Å². The highest BCUT2D eigenvalue weighted by Crippen LogP contribution is 2.29. The van der Waals surface area contributed by atoms with Crippen LogP contribution in [0.4, 0.5) is 0 Å². The van der Waals surface area contributed by atoms with Crippen LogP contribution in [0.3, 0.4) is 0 Å². The van der Waals surface area contributed by atoms with E-state index in [1.54, 1.807) is 20.8 Å². The molecule has 0 aromatic heterocycles. The molecule has 12 nitrogen and oxygen atoms in total. The third-order valence-corrected chi connectivity index (χ3v) is 6.97. The highest BCUT2D eigenvalue weighted by atomic mass is 16.7. The van der Waals surface area contributed by atoms with Crippen LogP contribution in [-0.4, -0.2) is 92.7 Å². The van der Waals surface area contributed by atoms with E-state index in [-0.39, 0.29) is 57.2 Å². The van der Waals surface area contributed by atoms with Crippen LogP contribution in [0.25, 0.3) is 0 Å². The van der Waals surface area contributed by atoms with Gasteiger partial charge < -0.3 is 42.6 Å². The first-order valence-electron chi connectivity index (χ1n) is 14.2. The van der Waals surface area contributed by atoms with Crippen molar-refractivity contribution >= 4 is 17.9 Å². The van der Waals surface area contributed by atoms with Crippen molar-refractivity contribution in [3.8, 4) is 0 Å². The maximum Gasteiger partial charge on any atom is 0.311 e. The van der Waals surface area contributed by atoms with Crippen molar-refractivity contribution in [3.05, 3.63) is 0 Å². The Hall–Kier alpha value is -1.83. The van der Waals surface area contributed by atoms with Gasteiger partial charge in [0.25, 0.3) is 0 Å². The van der Waals surface area contributed by atoms with Crippen molar-refractivity contribution in [3.63, 3.8) is 0 Å². The smallest absolute Gasteiger partial charge is 0.311 e. The molecule has 230 valence electrons.